The lowest BCUT2D eigenvalue weighted by atomic mass is 10.0. The summed E-state index contributed by atoms with van der Waals surface area (Å²) in [5.74, 6) is 0.919. The van der Waals surface area contributed by atoms with E-state index in [4.69, 9.17) is 4.74 Å². The first-order valence-corrected chi connectivity index (χ1v) is 10.2. The fraction of sp³-hybridized carbons (Fsp3) is 0.800. The van der Waals surface area contributed by atoms with Crippen LogP contribution in [-0.2, 0) is 11.3 Å². The number of carbonyl (C=O) groups excluding carboxylic acids is 1. The van der Waals surface area contributed by atoms with Gasteiger partial charge in [-0.15, -0.1) is 0 Å². The van der Waals surface area contributed by atoms with Crippen molar-refractivity contribution in [2.45, 2.75) is 53.6 Å². The molecule has 1 aliphatic heterocycles. The third-order valence-electron chi connectivity index (χ3n) is 5.00. The molecule has 1 fully saturated rings. The maximum absolute atomic E-state index is 12.3. The van der Waals surface area contributed by atoms with Crippen LogP contribution in [0.2, 0.25) is 0 Å². The number of aromatic nitrogens is 2. The standard InChI is InChI=1S/C20H37N5O2/c1-15(2)10-19(24-6-8-27-9-7-24)13-22-20(26)21-12-16(3)14-25-18(5)11-17(4)23-25/h11,15-16,19H,6-10,12-14H2,1-5H3,(H2,21,22,26). The Hall–Kier alpha value is -1.60. The highest BCUT2D eigenvalue weighted by Crippen LogP contribution is 2.13. The van der Waals surface area contributed by atoms with Gasteiger partial charge in [0.25, 0.3) is 0 Å². The first-order chi connectivity index (χ1) is 12.8. The van der Waals surface area contributed by atoms with Gasteiger partial charge < -0.3 is 15.4 Å². The van der Waals surface area contributed by atoms with Crippen LogP contribution in [-0.4, -0.2) is 66.1 Å². The molecule has 0 spiro atoms. The van der Waals surface area contributed by atoms with Crippen LogP contribution in [0.25, 0.3) is 0 Å². The van der Waals surface area contributed by atoms with Crippen molar-refractivity contribution in [3.63, 3.8) is 0 Å². The molecule has 2 amide bonds. The number of urea groups is 1. The molecule has 0 aliphatic carbocycles. The molecule has 2 rings (SSSR count). The van der Waals surface area contributed by atoms with Gasteiger partial charge >= 0.3 is 6.03 Å². The fourth-order valence-corrected chi connectivity index (χ4v) is 3.61. The largest absolute Gasteiger partial charge is 0.379 e. The molecule has 2 N–H and O–H groups in total. The number of morpholine rings is 1. The molecular weight excluding hydrogens is 342 g/mol. The molecule has 2 heterocycles. The van der Waals surface area contributed by atoms with Crippen molar-refractivity contribution >= 4 is 6.03 Å². The molecule has 154 valence electrons. The highest BCUT2D eigenvalue weighted by atomic mass is 16.5. The van der Waals surface area contributed by atoms with Crippen LogP contribution in [0.5, 0.6) is 0 Å². The number of hydrogen-bond acceptors (Lipinski definition) is 4. The van der Waals surface area contributed by atoms with Gasteiger partial charge in [0, 0.05) is 44.5 Å². The minimum atomic E-state index is -0.0859. The number of ether oxygens (including phenoxy) is 1. The molecule has 2 atom stereocenters. The number of nitrogens with zero attached hydrogens (tertiary/aromatic N) is 3. The van der Waals surface area contributed by atoms with E-state index in [9.17, 15) is 4.79 Å². The van der Waals surface area contributed by atoms with Crippen molar-refractivity contribution < 1.29 is 9.53 Å². The van der Waals surface area contributed by atoms with E-state index in [1.54, 1.807) is 0 Å². The quantitative estimate of drug-likeness (QED) is 0.690. The first kappa shape index (κ1) is 21.7. The zero-order valence-electron chi connectivity index (χ0n) is 17.6. The summed E-state index contributed by atoms with van der Waals surface area (Å²) in [6.07, 6.45) is 1.08. The molecule has 0 saturated carbocycles. The average Bonchev–Trinajstić information content (AvgIpc) is 2.94. The third kappa shape index (κ3) is 7.50. The van der Waals surface area contributed by atoms with Gasteiger partial charge in [0.15, 0.2) is 0 Å². The summed E-state index contributed by atoms with van der Waals surface area (Å²) >= 11 is 0. The van der Waals surface area contributed by atoms with E-state index in [0.717, 1.165) is 50.7 Å². The lowest BCUT2D eigenvalue weighted by Gasteiger charge is -2.35. The van der Waals surface area contributed by atoms with Gasteiger partial charge in [-0.2, -0.15) is 5.10 Å². The van der Waals surface area contributed by atoms with Crippen LogP contribution in [0.3, 0.4) is 0 Å². The van der Waals surface area contributed by atoms with E-state index < -0.39 is 0 Å². The molecule has 7 heteroatoms. The Kier molecular flexibility index (Phi) is 8.57. The molecule has 0 aromatic carbocycles. The molecule has 1 aromatic rings. The summed E-state index contributed by atoms with van der Waals surface area (Å²) in [5, 5.41) is 10.6. The molecule has 1 saturated heterocycles. The summed E-state index contributed by atoms with van der Waals surface area (Å²) in [7, 11) is 0. The van der Waals surface area contributed by atoms with Gasteiger partial charge in [-0.1, -0.05) is 20.8 Å². The second-order valence-electron chi connectivity index (χ2n) is 8.24. The van der Waals surface area contributed by atoms with Gasteiger partial charge in [-0.05, 0) is 38.2 Å². The lowest BCUT2D eigenvalue weighted by Crippen LogP contribution is -2.51. The second-order valence-corrected chi connectivity index (χ2v) is 8.24. The maximum Gasteiger partial charge on any atom is 0.314 e. The summed E-state index contributed by atoms with van der Waals surface area (Å²) < 4.78 is 7.47. The summed E-state index contributed by atoms with van der Waals surface area (Å²) in [6, 6.07) is 2.36. The van der Waals surface area contributed by atoms with Gasteiger partial charge in [-0.3, -0.25) is 9.58 Å². The van der Waals surface area contributed by atoms with E-state index >= 15 is 0 Å². The van der Waals surface area contributed by atoms with Crippen LogP contribution >= 0.6 is 0 Å². The normalized spacial score (nSPS) is 17.7. The van der Waals surface area contributed by atoms with E-state index in [2.05, 4.69) is 54.4 Å². The topological polar surface area (TPSA) is 71.4 Å². The molecule has 1 aromatic heterocycles. The highest BCUT2D eigenvalue weighted by Gasteiger charge is 2.22. The minimum Gasteiger partial charge on any atom is -0.379 e. The number of nitrogens with one attached hydrogen (secondary N) is 2. The number of amides is 2. The molecule has 7 nitrogen and oxygen atoms in total. The molecule has 2 unspecified atom stereocenters. The Balaban J connectivity index is 1.73. The van der Waals surface area contributed by atoms with Crippen molar-refractivity contribution in [2.75, 3.05) is 39.4 Å². The predicted octanol–water partition coefficient (Wildman–Crippen LogP) is 2.18. The maximum atomic E-state index is 12.3. The van der Waals surface area contributed by atoms with Crippen molar-refractivity contribution in [3.8, 4) is 0 Å². The van der Waals surface area contributed by atoms with Crippen LogP contribution in [0.4, 0.5) is 4.79 Å². The van der Waals surface area contributed by atoms with Crippen molar-refractivity contribution in [1.82, 2.24) is 25.3 Å². The number of carbonyl (C=O) groups is 1. The monoisotopic (exact) mass is 379 g/mol. The fourth-order valence-electron chi connectivity index (χ4n) is 3.61. The first-order valence-electron chi connectivity index (χ1n) is 10.2. The zero-order chi connectivity index (χ0) is 19.8. The van der Waals surface area contributed by atoms with Crippen LogP contribution in [0.15, 0.2) is 6.07 Å². The SMILES string of the molecule is Cc1cc(C)n(CC(C)CNC(=O)NCC(CC(C)C)N2CCOCC2)n1. The van der Waals surface area contributed by atoms with E-state index in [0.29, 0.717) is 31.0 Å². The lowest BCUT2D eigenvalue weighted by molar-refractivity contribution is 0.0129. The summed E-state index contributed by atoms with van der Waals surface area (Å²) in [5.41, 5.74) is 2.19. The molecule has 1 aliphatic rings. The molecule has 0 radical (unpaired) electrons. The van der Waals surface area contributed by atoms with Gasteiger partial charge in [0.1, 0.15) is 0 Å². The Labute approximate surface area is 163 Å². The van der Waals surface area contributed by atoms with Crippen LogP contribution in [0, 0.1) is 25.7 Å². The Bertz CT molecular complexity index is 581. The second kappa shape index (κ2) is 10.7. The third-order valence-corrected chi connectivity index (χ3v) is 5.00. The van der Waals surface area contributed by atoms with Crippen LogP contribution in [0.1, 0.15) is 38.6 Å². The number of aryl methyl sites for hydroxylation is 2. The predicted molar refractivity (Wildman–Crippen MR) is 108 cm³/mol. The Morgan fingerprint density at radius 3 is 2.44 bits per heavy atom. The smallest absolute Gasteiger partial charge is 0.314 e. The van der Waals surface area contributed by atoms with E-state index in [1.165, 1.54) is 0 Å². The number of hydrogen-bond donors (Lipinski definition) is 2. The van der Waals surface area contributed by atoms with E-state index in [1.807, 2.05) is 11.6 Å². The Morgan fingerprint density at radius 2 is 1.85 bits per heavy atom. The summed E-state index contributed by atoms with van der Waals surface area (Å²) in [4.78, 5) is 14.7. The minimum absolute atomic E-state index is 0.0859. The van der Waals surface area contributed by atoms with Crippen molar-refractivity contribution in [2.24, 2.45) is 11.8 Å². The van der Waals surface area contributed by atoms with Gasteiger partial charge in [0.05, 0.1) is 18.9 Å². The van der Waals surface area contributed by atoms with Crippen molar-refractivity contribution in [3.05, 3.63) is 17.5 Å². The van der Waals surface area contributed by atoms with Gasteiger partial charge in [-0.25, -0.2) is 4.79 Å². The van der Waals surface area contributed by atoms with Gasteiger partial charge in [0.2, 0.25) is 0 Å². The molecule has 27 heavy (non-hydrogen) atoms. The van der Waals surface area contributed by atoms with Crippen LogP contribution < -0.4 is 10.6 Å². The molecular formula is C20H37N5O2. The Morgan fingerprint density at radius 1 is 1.19 bits per heavy atom. The number of rotatable bonds is 9. The van der Waals surface area contributed by atoms with E-state index in [-0.39, 0.29) is 6.03 Å². The average molecular weight is 380 g/mol. The molecule has 0 bridgehead atoms. The zero-order valence-corrected chi connectivity index (χ0v) is 17.6. The summed E-state index contributed by atoms with van der Waals surface area (Å²) in [6.45, 7) is 16.2. The van der Waals surface area contributed by atoms with Crippen molar-refractivity contribution in [1.29, 1.82) is 0 Å². The highest BCUT2D eigenvalue weighted by molar-refractivity contribution is 5.73.